The average Bonchev–Trinajstić information content (AvgIpc) is 2.49. The number of nitrogens with two attached hydrogens (primary N) is 1. The summed E-state index contributed by atoms with van der Waals surface area (Å²) in [6.07, 6.45) is 4.20. The molecule has 2 aromatic carbocycles. The minimum Gasteiger partial charge on any atom is -0.382 e. The summed E-state index contributed by atoms with van der Waals surface area (Å²) in [7, 11) is 0. The fraction of sp³-hybridized carbons (Fsp3) is 0.0588. The van der Waals surface area contributed by atoms with Gasteiger partial charge in [0, 0.05) is 5.56 Å². The number of anilines is 1. The largest absolute Gasteiger partial charge is 0.382 e. The molecule has 2 N–H and O–H groups in total. The molecule has 3 nitrogen and oxygen atoms in total. The van der Waals surface area contributed by atoms with E-state index in [1.54, 1.807) is 12.4 Å². The van der Waals surface area contributed by atoms with Gasteiger partial charge in [-0.05, 0) is 23.6 Å². The first-order valence-electron chi connectivity index (χ1n) is 6.52. The number of hydrogen-bond acceptors (Lipinski definition) is 3. The lowest BCUT2D eigenvalue weighted by Crippen LogP contribution is -1.93. The SMILES string of the molecule is Nc1cnc(-c2cccc(Cc3ccccc3)c2)cn1. The predicted molar refractivity (Wildman–Crippen MR) is 81.1 cm³/mol. The van der Waals surface area contributed by atoms with Crippen molar-refractivity contribution in [2.75, 3.05) is 5.73 Å². The minimum atomic E-state index is 0.439. The molecule has 0 saturated heterocycles. The quantitative estimate of drug-likeness (QED) is 0.787. The van der Waals surface area contributed by atoms with E-state index in [1.165, 1.54) is 11.1 Å². The molecule has 0 aliphatic carbocycles. The predicted octanol–water partition coefficient (Wildman–Crippen LogP) is 3.32. The van der Waals surface area contributed by atoms with Gasteiger partial charge in [-0.3, -0.25) is 4.98 Å². The second kappa shape index (κ2) is 5.53. The van der Waals surface area contributed by atoms with Crippen LogP contribution in [0.4, 0.5) is 5.82 Å². The lowest BCUT2D eigenvalue weighted by Gasteiger charge is -2.05. The summed E-state index contributed by atoms with van der Waals surface area (Å²) in [6, 6.07) is 18.8. The molecular formula is C17H15N3. The molecule has 1 heterocycles. The molecule has 3 aromatic rings. The van der Waals surface area contributed by atoms with E-state index in [9.17, 15) is 0 Å². The lowest BCUT2D eigenvalue weighted by molar-refractivity contribution is 1.18. The van der Waals surface area contributed by atoms with Gasteiger partial charge in [0.25, 0.3) is 0 Å². The van der Waals surface area contributed by atoms with Crippen LogP contribution in [0.15, 0.2) is 67.0 Å². The first kappa shape index (κ1) is 12.4. The summed E-state index contributed by atoms with van der Waals surface area (Å²) in [6.45, 7) is 0. The van der Waals surface area contributed by atoms with Gasteiger partial charge >= 0.3 is 0 Å². The van der Waals surface area contributed by atoms with Gasteiger partial charge in [-0.15, -0.1) is 0 Å². The molecule has 0 atom stereocenters. The summed E-state index contributed by atoms with van der Waals surface area (Å²) >= 11 is 0. The Labute approximate surface area is 118 Å². The molecule has 20 heavy (non-hydrogen) atoms. The number of rotatable bonds is 3. The molecule has 0 bridgehead atoms. The zero-order valence-corrected chi connectivity index (χ0v) is 11.0. The summed E-state index contributed by atoms with van der Waals surface area (Å²) < 4.78 is 0. The third-order valence-electron chi connectivity index (χ3n) is 3.15. The Balaban J connectivity index is 1.88. The van der Waals surface area contributed by atoms with E-state index in [-0.39, 0.29) is 0 Å². The molecular weight excluding hydrogens is 246 g/mol. The summed E-state index contributed by atoms with van der Waals surface area (Å²) in [5.41, 5.74) is 10.0. The van der Waals surface area contributed by atoms with Gasteiger partial charge < -0.3 is 5.73 Å². The average molecular weight is 261 g/mol. The smallest absolute Gasteiger partial charge is 0.141 e. The third kappa shape index (κ3) is 2.83. The first-order valence-corrected chi connectivity index (χ1v) is 6.52. The van der Waals surface area contributed by atoms with Crippen molar-refractivity contribution in [1.82, 2.24) is 9.97 Å². The van der Waals surface area contributed by atoms with Crippen molar-refractivity contribution in [2.45, 2.75) is 6.42 Å². The van der Waals surface area contributed by atoms with Gasteiger partial charge in [0.2, 0.25) is 0 Å². The number of nitrogen functional groups attached to an aromatic ring is 1. The maximum absolute atomic E-state index is 5.56. The van der Waals surface area contributed by atoms with Crippen LogP contribution in [0, 0.1) is 0 Å². The molecule has 0 aliphatic heterocycles. The van der Waals surface area contributed by atoms with Crippen LogP contribution in [0.1, 0.15) is 11.1 Å². The van der Waals surface area contributed by atoms with Crippen LogP contribution in [-0.4, -0.2) is 9.97 Å². The van der Waals surface area contributed by atoms with Crippen LogP contribution >= 0.6 is 0 Å². The molecule has 98 valence electrons. The van der Waals surface area contributed by atoms with Gasteiger partial charge in [0.05, 0.1) is 18.1 Å². The minimum absolute atomic E-state index is 0.439. The second-order valence-electron chi connectivity index (χ2n) is 4.69. The lowest BCUT2D eigenvalue weighted by atomic mass is 10.0. The molecule has 0 aliphatic rings. The Morgan fingerprint density at radius 1 is 0.800 bits per heavy atom. The molecule has 0 saturated carbocycles. The zero-order chi connectivity index (χ0) is 13.8. The second-order valence-corrected chi connectivity index (χ2v) is 4.69. The van der Waals surface area contributed by atoms with Crippen molar-refractivity contribution in [1.29, 1.82) is 0 Å². The normalized spacial score (nSPS) is 10.4. The van der Waals surface area contributed by atoms with Gasteiger partial charge in [0.15, 0.2) is 0 Å². The fourth-order valence-corrected chi connectivity index (χ4v) is 2.16. The molecule has 0 amide bonds. The number of aromatic nitrogens is 2. The van der Waals surface area contributed by atoms with Crippen molar-refractivity contribution in [2.24, 2.45) is 0 Å². The van der Waals surface area contributed by atoms with Gasteiger partial charge in [-0.1, -0.05) is 48.5 Å². The Hall–Kier alpha value is -2.68. The van der Waals surface area contributed by atoms with Crippen LogP contribution < -0.4 is 5.73 Å². The Morgan fingerprint density at radius 2 is 1.60 bits per heavy atom. The van der Waals surface area contributed by atoms with Crippen molar-refractivity contribution in [3.63, 3.8) is 0 Å². The zero-order valence-electron chi connectivity index (χ0n) is 11.0. The van der Waals surface area contributed by atoms with Crippen molar-refractivity contribution < 1.29 is 0 Å². The summed E-state index contributed by atoms with van der Waals surface area (Å²) in [5, 5.41) is 0. The van der Waals surface area contributed by atoms with Gasteiger partial charge in [-0.25, -0.2) is 4.98 Å². The maximum Gasteiger partial charge on any atom is 0.141 e. The Kier molecular flexibility index (Phi) is 3.42. The maximum atomic E-state index is 5.56. The van der Waals surface area contributed by atoms with E-state index >= 15 is 0 Å². The fourth-order valence-electron chi connectivity index (χ4n) is 2.16. The standard InChI is InChI=1S/C17H15N3/c18-17-12-19-16(11-20-17)15-8-4-7-14(10-15)9-13-5-2-1-3-6-13/h1-8,10-12H,9H2,(H2,18,20). The monoisotopic (exact) mass is 261 g/mol. The summed E-state index contributed by atoms with van der Waals surface area (Å²) in [4.78, 5) is 8.39. The van der Waals surface area contributed by atoms with Crippen molar-refractivity contribution >= 4 is 5.82 Å². The van der Waals surface area contributed by atoms with Crippen molar-refractivity contribution in [3.05, 3.63) is 78.1 Å². The van der Waals surface area contributed by atoms with E-state index < -0.39 is 0 Å². The highest BCUT2D eigenvalue weighted by molar-refractivity contribution is 5.59. The molecule has 0 unspecified atom stereocenters. The highest BCUT2D eigenvalue weighted by Crippen LogP contribution is 2.19. The van der Waals surface area contributed by atoms with E-state index in [4.69, 9.17) is 5.73 Å². The molecule has 3 rings (SSSR count). The van der Waals surface area contributed by atoms with Crippen molar-refractivity contribution in [3.8, 4) is 11.3 Å². The van der Waals surface area contributed by atoms with Gasteiger partial charge in [-0.2, -0.15) is 0 Å². The van der Waals surface area contributed by atoms with Crippen LogP contribution in [0.5, 0.6) is 0 Å². The Bertz CT molecular complexity index is 691. The third-order valence-corrected chi connectivity index (χ3v) is 3.15. The highest BCUT2D eigenvalue weighted by atomic mass is 14.9. The van der Waals surface area contributed by atoms with Crippen LogP contribution in [0.3, 0.4) is 0 Å². The number of nitrogens with zero attached hydrogens (tertiary/aromatic N) is 2. The van der Waals surface area contributed by atoms with E-state index in [2.05, 4.69) is 46.4 Å². The molecule has 0 spiro atoms. The van der Waals surface area contributed by atoms with Crippen LogP contribution in [-0.2, 0) is 6.42 Å². The van der Waals surface area contributed by atoms with Gasteiger partial charge in [0.1, 0.15) is 5.82 Å². The number of benzene rings is 2. The first-order chi connectivity index (χ1) is 9.81. The highest BCUT2D eigenvalue weighted by Gasteiger charge is 2.02. The number of hydrogen-bond donors (Lipinski definition) is 1. The van der Waals surface area contributed by atoms with E-state index in [1.807, 2.05) is 18.2 Å². The van der Waals surface area contributed by atoms with E-state index in [0.29, 0.717) is 5.82 Å². The topological polar surface area (TPSA) is 51.8 Å². The molecule has 3 heteroatoms. The molecule has 0 fully saturated rings. The van der Waals surface area contributed by atoms with E-state index in [0.717, 1.165) is 17.7 Å². The van der Waals surface area contributed by atoms with Crippen LogP contribution in [0.25, 0.3) is 11.3 Å². The van der Waals surface area contributed by atoms with Crippen LogP contribution in [0.2, 0.25) is 0 Å². The molecule has 1 aromatic heterocycles. The molecule has 0 radical (unpaired) electrons. The summed E-state index contributed by atoms with van der Waals surface area (Å²) in [5.74, 6) is 0.439. The Morgan fingerprint density at radius 3 is 2.35 bits per heavy atom.